The Morgan fingerprint density at radius 3 is 1.81 bits per heavy atom. The highest BCUT2D eigenvalue weighted by Crippen LogP contribution is 2.44. The highest BCUT2D eigenvalue weighted by molar-refractivity contribution is 6.10. The Bertz CT molecular complexity index is 3100. The van der Waals surface area contributed by atoms with E-state index in [0.29, 0.717) is 0 Å². The smallest absolute Gasteiger partial charge is 0.143 e. The average molecular weight is 828 g/mol. The normalized spacial score (nSPS) is 15.8. The van der Waals surface area contributed by atoms with Gasteiger partial charge in [-0.15, -0.1) is 0 Å². The van der Waals surface area contributed by atoms with Crippen LogP contribution in [0.3, 0.4) is 0 Å². The summed E-state index contributed by atoms with van der Waals surface area (Å²) in [6.07, 6.45) is 25.4. The predicted octanol–water partition coefficient (Wildman–Crippen LogP) is 16.5. The van der Waals surface area contributed by atoms with Crippen molar-refractivity contribution in [3.05, 3.63) is 248 Å². The van der Waals surface area contributed by atoms with Gasteiger partial charge in [0.25, 0.3) is 0 Å². The van der Waals surface area contributed by atoms with Crippen LogP contribution >= 0.6 is 0 Å². The van der Waals surface area contributed by atoms with Crippen LogP contribution in [0.15, 0.2) is 246 Å². The number of hydrogen-bond donors (Lipinski definition) is 0. The van der Waals surface area contributed by atoms with E-state index in [1.54, 1.807) is 0 Å². The van der Waals surface area contributed by atoms with Crippen molar-refractivity contribution in [2.45, 2.75) is 38.1 Å². The van der Waals surface area contributed by atoms with Gasteiger partial charge in [0.1, 0.15) is 11.2 Å². The number of para-hydroxylation sites is 4. The Kier molecular flexibility index (Phi) is 10.7. The van der Waals surface area contributed by atoms with Crippen LogP contribution in [0, 0.1) is 0 Å². The molecular formula is C60H49N3O. The van der Waals surface area contributed by atoms with Crippen LogP contribution < -0.4 is 14.7 Å². The standard InChI is InChI=1S/C60H49N3O/c1-7-20-45(21-8-1)56-32-19-33-58-57-39-38-53(43-59(57)64-60(56)58)61(47-22-9-2-10-23-47)52-36-34-44(35-37-52)46-40-54(62(48-24-11-3-12-25-48)49-26-13-4-14-27-49)42-55(41-46)63(50-28-15-5-16-29-50)51-30-17-6-18-31-51/h1-5,7-17,19-22,24-34,36,38-43,47H,6,18,23,35,37H2. The predicted molar refractivity (Wildman–Crippen MR) is 270 cm³/mol. The Labute approximate surface area is 376 Å². The second-order valence-electron chi connectivity index (χ2n) is 16.7. The number of anilines is 6. The maximum absolute atomic E-state index is 6.77. The van der Waals surface area contributed by atoms with Crippen LogP contribution in [0.4, 0.5) is 34.1 Å². The van der Waals surface area contributed by atoms with Gasteiger partial charge >= 0.3 is 0 Å². The van der Waals surface area contributed by atoms with Gasteiger partial charge < -0.3 is 19.1 Å². The van der Waals surface area contributed by atoms with Crippen molar-refractivity contribution < 1.29 is 4.42 Å². The fourth-order valence-corrected chi connectivity index (χ4v) is 9.61. The summed E-state index contributed by atoms with van der Waals surface area (Å²) in [7, 11) is 0. The summed E-state index contributed by atoms with van der Waals surface area (Å²) in [5, 5.41) is 2.27. The molecule has 0 radical (unpaired) electrons. The van der Waals surface area contributed by atoms with Crippen LogP contribution in [-0.4, -0.2) is 6.04 Å². The van der Waals surface area contributed by atoms with Crippen molar-refractivity contribution in [2.75, 3.05) is 14.7 Å². The molecule has 1 heterocycles. The fraction of sp³-hybridized carbons (Fsp3) is 0.100. The first kappa shape index (κ1) is 39.1. The van der Waals surface area contributed by atoms with E-state index in [4.69, 9.17) is 4.42 Å². The molecule has 4 heteroatoms. The molecule has 0 spiro atoms. The lowest BCUT2D eigenvalue weighted by atomic mass is 9.92. The lowest BCUT2D eigenvalue weighted by Crippen LogP contribution is -2.34. The van der Waals surface area contributed by atoms with Gasteiger partial charge in [-0.05, 0) is 128 Å². The van der Waals surface area contributed by atoms with Crippen LogP contribution in [-0.2, 0) is 0 Å². The van der Waals surface area contributed by atoms with Crippen LogP contribution in [0.2, 0.25) is 0 Å². The van der Waals surface area contributed by atoms with E-state index in [9.17, 15) is 0 Å². The van der Waals surface area contributed by atoms with Crippen molar-refractivity contribution >= 4 is 61.6 Å². The monoisotopic (exact) mass is 827 g/mol. The molecule has 1 unspecified atom stereocenters. The number of hydrogen-bond acceptors (Lipinski definition) is 4. The molecule has 0 saturated heterocycles. The third kappa shape index (κ3) is 7.69. The summed E-state index contributed by atoms with van der Waals surface area (Å²) in [5.41, 5.74) is 15.8. The third-order valence-corrected chi connectivity index (χ3v) is 12.6. The minimum Gasteiger partial charge on any atom is -0.455 e. The quantitative estimate of drug-likeness (QED) is 0.130. The lowest BCUT2D eigenvalue weighted by molar-refractivity contribution is 0.668. The molecule has 3 aliphatic rings. The topological polar surface area (TPSA) is 22.9 Å². The number of benzene rings is 7. The van der Waals surface area contributed by atoms with E-state index in [-0.39, 0.29) is 6.04 Å². The molecule has 7 aromatic carbocycles. The molecule has 310 valence electrons. The number of nitrogens with zero attached hydrogens (tertiary/aromatic N) is 3. The average Bonchev–Trinajstić information content (AvgIpc) is 3.75. The largest absolute Gasteiger partial charge is 0.455 e. The zero-order chi connectivity index (χ0) is 42.7. The van der Waals surface area contributed by atoms with Crippen molar-refractivity contribution in [3.63, 3.8) is 0 Å². The first-order valence-electron chi connectivity index (χ1n) is 22.6. The molecule has 0 N–H and O–H groups in total. The number of rotatable bonds is 11. The molecule has 0 aliphatic heterocycles. The van der Waals surface area contributed by atoms with Gasteiger partial charge in [-0.1, -0.05) is 146 Å². The highest BCUT2D eigenvalue weighted by atomic mass is 16.3. The Morgan fingerprint density at radius 1 is 0.484 bits per heavy atom. The summed E-state index contributed by atoms with van der Waals surface area (Å²) in [4.78, 5) is 7.34. The first-order valence-corrected chi connectivity index (χ1v) is 22.6. The maximum atomic E-state index is 6.77. The Balaban J connectivity index is 1.03. The molecule has 0 saturated carbocycles. The van der Waals surface area contributed by atoms with Gasteiger partial charge in [0, 0.05) is 67.9 Å². The highest BCUT2D eigenvalue weighted by Gasteiger charge is 2.26. The first-order chi connectivity index (χ1) is 31.7. The number of allylic oxidation sites excluding steroid dienone is 9. The van der Waals surface area contributed by atoms with E-state index in [0.717, 1.165) is 99.3 Å². The molecule has 3 aliphatic carbocycles. The molecule has 64 heavy (non-hydrogen) atoms. The van der Waals surface area contributed by atoms with Gasteiger partial charge in [0.15, 0.2) is 0 Å². The van der Waals surface area contributed by atoms with Crippen molar-refractivity contribution in [2.24, 2.45) is 0 Å². The van der Waals surface area contributed by atoms with Gasteiger partial charge in [0.2, 0.25) is 0 Å². The molecule has 0 amide bonds. The van der Waals surface area contributed by atoms with E-state index >= 15 is 0 Å². The van der Waals surface area contributed by atoms with E-state index in [2.05, 4.69) is 245 Å². The molecule has 0 fully saturated rings. The van der Waals surface area contributed by atoms with E-state index < -0.39 is 0 Å². The molecular weight excluding hydrogens is 779 g/mol. The van der Waals surface area contributed by atoms with Crippen molar-refractivity contribution in [1.82, 2.24) is 0 Å². The Hall–Kier alpha value is -7.82. The van der Waals surface area contributed by atoms with Crippen LogP contribution in [0.1, 0.15) is 37.7 Å². The van der Waals surface area contributed by atoms with Gasteiger partial charge in [-0.3, -0.25) is 0 Å². The zero-order valence-electron chi connectivity index (χ0n) is 35.8. The second kappa shape index (κ2) is 17.5. The van der Waals surface area contributed by atoms with Gasteiger partial charge in [0.05, 0.1) is 6.04 Å². The SMILES string of the molecule is C1=CCC(N(C2=CC=C(c3cc(N(C4=CCCC=C4)c4ccccc4)cc(N(c4ccccc4)c4ccccc4)c3)CC2)c2ccc3c(c2)oc2c(-c4ccccc4)cccc23)C=C1. The minimum absolute atomic E-state index is 0.185. The molecule has 1 aromatic heterocycles. The molecule has 0 bridgehead atoms. The van der Waals surface area contributed by atoms with Crippen LogP contribution in [0.25, 0.3) is 38.6 Å². The van der Waals surface area contributed by atoms with E-state index in [1.807, 2.05) is 0 Å². The summed E-state index contributed by atoms with van der Waals surface area (Å²) in [6, 6.07) is 63.3. The van der Waals surface area contributed by atoms with Crippen molar-refractivity contribution in [3.8, 4) is 11.1 Å². The van der Waals surface area contributed by atoms with Crippen molar-refractivity contribution in [1.29, 1.82) is 0 Å². The summed E-state index contributed by atoms with van der Waals surface area (Å²) in [5.74, 6) is 0. The molecule has 11 rings (SSSR count). The molecule has 1 atom stereocenters. The Morgan fingerprint density at radius 2 is 1.17 bits per heavy atom. The summed E-state index contributed by atoms with van der Waals surface area (Å²) < 4.78 is 6.77. The van der Waals surface area contributed by atoms with Crippen LogP contribution in [0.5, 0.6) is 0 Å². The molecule has 4 nitrogen and oxygen atoms in total. The molecule has 8 aromatic rings. The fourth-order valence-electron chi connectivity index (χ4n) is 9.61. The van der Waals surface area contributed by atoms with Gasteiger partial charge in [-0.25, -0.2) is 0 Å². The summed E-state index contributed by atoms with van der Waals surface area (Å²) in [6.45, 7) is 0. The van der Waals surface area contributed by atoms with Gasteiger partial charge in [-0.2, -0.15) is 0 Å². The number of furan rings is 1. The lowest BCUT2D eigenvalue weighted by Gasteiger charge is -2.36. The minimum atomic E-state index is 0.185. The number of fused-ring (bicyclic) bond motifs is 3. The summed E-state index contributed by atoms with van der Waals surface area (Å²) >= 11 is 0. The zero-order valence-corrected chi connectivity index (χ0v) is 35.8. The van der Waals surface area contributed by atoms with E-state index in [1.165, 1.54) is 22.5 Å². The maximum Gasteiger partial charge on any atom is 0.143 e. The second-order valence-corrected chi connectivity index (χ2v) is 16.7. The third-order valence-electron chi connectivity index (χ3n) is 12.6.